The molecule has 0 spiro atoms. The molecule has 5 unspecified atom stereocenters. The SMILES string of the molecule is C/C=C(\C)CC(C)C1OC(=O)C(C)(O)C(OC(=O)/C=C/C=C/C(=O)O)C1C. The number of hydrogen-bond acceptors (Lipinski definition) is 6. The molecule has 0 saturated carbocycles. The highest BCUT2D eigenvalue weighted by Gasteiger charge is 2.54. The van der Waals surface area contributed by atoms with Gasteiger partial charge >= 0.3 is 17.9 Å². The first kappa shape index (κ1) is 22.6. The zero-order valence-electron chi connectivity index (χ0n) is 16.3. The Morgan fingerprint density at radius 3 is 2.48 bits per heavy atom. The first-order valence-corrected chi connectivity index (χ1v) is 8.84. The number of rotatable bonds is 7. The van der Waals surface area contributed by atoms with Crippen LogP contribution in [0.2, 0.25) is 0 Å². The molecule has 1 heterocycles. The maximum Gasteiger partial charge on any atom is 0.342 e. The molecule has 1 saturated heterocycles. The molecule has 1 aliphatic rings. The van der Waals surface area contributed by atoms with Crippen molar-refractivity contribution in [1.29, 1.82) is 0 Å². The van der Waals surface area contributed by atoms with Crippen LogP contribution in [0.5, 0.6) is 0 Å². The molecule has 0 radical (unpaired) electrons. The van der Waals surface area contributed by atoms with Crippen molar-refractivity contribution in [3.63, 3.8) is 0 Å². The summed E-state index contributed by atoms with van der Waals surface area (Å²) < 4.78 is 10.8. The molecule has 1 fully saturated rings. The summed E-state index contributed by atoms with van der Waals surface area (Å²) in [5.74, 6) is -3.21. The number of ether oxygens (including phenoxy) is 2. The van der Waals surface area contributed by atoms with Crippen molar-refractivity contribution in [3.8, 4) is 0 Å². The third kappa shape index (κ3) is 6.06. The first-order valence-electron chi connectivity index (χ1n) is 8.84. The number of cyclic esters (lactones) is 1. The molecule has 27 heavy (non-hydrogen) atoms. The molecule has 1 rings (SSSR count). The molecule has 0 bridgehead atoms. The second kappa shape index (κ2) is 9.50. The van der Waals surface area contributed by atoms with Gasteiger partial charge in [-0.25, -0.2) is 14.4 Å². The van der Waals surface area contributed by atoms with E-state index in [-0.39, 0.29) is 5.92 Å². The van der Waals surface area contributed by atoms with E-state index in [2.05, 4.69) is 0 Å². The Balaban J connectivity index is 2.95. The van der Waals surface area contributed by atoms with Crippen molar-refractivity contribution < 1.29 is 34.1 Å². The molecule has 0 aromatic heterocycles. The fourth-order valence-electron chi connectivity index (χ4n) is 3.19. The van der Waals surface area contributed by atoms with Gasteiger partial charge in [0.15, 0.2) is 5.60 Å². The van der Waals surface area contributed by atoms with Gasteiger partial charge in [0.25, 0.3) is 0 Å². The standard InChI is InChI=1S/C20H28O7/c1-6-12(2)11-13(3)17-14(4)18(20(5,25)19(24)27-17)26-16(23)10-8-7-9-15(21)22/h6-10,13-14,17-18,25H,11H2,1-5H3,(H,21,22)/b9-7+,10-8+,12-6+. The normalized spacial score (nSPS) is 30.4. The van der Waals surface area contributed by atoms with Crippen molar-refractivity contribution in [2.24, 2.45) is 11.8 Å². The number of carbonyl (C=O) groups is 3. The van der Waals surface area contributed by atoms with Crippen LogP contribution in [0.15, 0.2) is 36.0 Å². The Morgan fingerprint density at radius 2 is 1.93 bits per heavy atom. The van der Waals surface area contributed by atoms with Crippen LogP contribution in [-0.2, 0) is 23.9 Å². The smallest absolute Gasteiger partial charge is 0.342 e. The van der Waals surface area contributed by atoms with E-state index in [0.717, 1.165) is 17.7 Å². The summed E-state index contributed by atoms with van der Waals surface area (Å²) in [5.41, 5.74) is -0.823. The summed E-state index contributed by atoms with van der Waals surface area (Å²) in [4.78, 5) is 34.7. The highest BCUT2D eigenvalue weighted by atomic mass is 16.6. The molecule has 1 aliphatic heterocycles. The van der Waals surface area contributed by atoms with Crippen LogP contribution in [0.25, 0.3) is 0 Å². The largest absolute Gasteiger partial charge is 0.478 e. The van der Waals surface area contributed by atoms with Gasteiger partial charge in [-0.1, -0.05) is 37.6 Å². The summed E-state index contributed by atoms with van der Waals surface area (Å²) in [6.45, 7) is 8.87. The van der Waals surface area contributed by atoms with Gasteiger partial charge in [-0.05, 0) is 33.1 Å². The summed E-state index contributed by atoms with van der Waals surface area (Å²) in [7, 11) is 0. The fraction of sp³-hybridized carbons (Fsp3) is 0.550. The molecule has 5 atom stereocenters. The minimum Gasteiger partial charge on any atom is -0.478 e. The van der Waals surface area contributed by atoms with Gasteiger partial charge < -0.3 is 19.7 Å². The predicted molar refractivity (Wildman–Crippen MR) is 98.7 cm³/mol. The van der Waals surface area contributed by atoms with E-state index in [1.807, 2.05) is 26.8 Å². The summed E-state index contributed by atoms with van der Waals surface area (Å²) in [6, 6.07) is 0. The maximum atomic E-state index is 12.3. The molecular weight excluding hydrogens is 352 g/mol. The van der Waals surface area contributed by atoms with Crippen LogP contribution in [-0.4, -0.2) is 45.9 Å². The van der Waals surface area contributed by atoms with E-state index >= 15 is 0 Å². The number of hydrogen-bond donors (Lipinski definition) is 2. The Hall–Kier alpha value is -2.41. The van der Waals surface area contributed by atoms with Gasteiger partial charge in [0.2, 0.25) is 0 Å². The molecule has 0 aromatic carbocycles. The number of carboxylic acids is 1. The molecule has 7 nitrogen and oxygen atoms in total. The third-order valence-corrected chi connectivity index (χ3v) is 4.73. The van der Waals surface area contributed by atoms with E-state index in [9.17, 15) is 19.5 Å². The molecule has 0 amide bonds. The van der Waals surface area contributed by atoms with Crippen molar-refractivity contribution in [3.05, 3.63) is 36.0 Å². The van der Waals surface area contributed by atoms with Crippen LogP contribution < -0.4 is 0 Å². The first-order chi connectivity index (χ1) is 12.5. The lowest BCUT2D eigenvalue weighted by atomic mass is 9.77. The van der Waals surface area contributed by atoms with E-state index < -0.39 is 41.6 Å². The number of esters is 2. The van der Waals surface area contributed by atoms with Crippen LogP contribution in [0.4, 0.5) is 0 Å². The summed E-state index contributed by atoms with van der Waals surface area (Å²) in [6.07, 6.45) is 5.37. The average molecular weight is 380 g/mol. The second-order valence-electron chi connectivity index (χ2n) is 7.11. The van der Waals surface area contributed by atoms with Crippen molar-refractivity contribution in [2.75, 3.05) is 0 Å². The topological polar surface area (TPSA) is 110 Å². The van der Waals surface area contributed by atoms with E-state index in [1.165, 1.54) is 19.1 Å². The van der Waals surface area contributed by atoms with Gasteiger partial charge in [-0.15, -0.1) is 0 Å². The highest BCUT2D eigenvalue weighted by molar-refractivity contribution is 5.85. The molecular formula is C20H28O7. The van der Waals surface area contributed by atoms with Crippen LogP contribution in [0, 0.1) is 11.8 Å². The lowest BCUT2D eigenvalue weighted by molar-refractivity contribution is -0.223. The molecule has 0 aromatic rings. The highest BCUT2D eigenvalue weighted by Crippen LogP contribution is 2.36. The predicted octanol–water partition coefficient (Wildman–Crippen LogP) is 2.40. The quantitative estimate of drug-likeness (QED) is 0.302. The zero-order valence-corrected chi connectivity index (χ0v) is 16.3. The Labute approximate surface area is 159 Å². The van der Waals surface area contributed by atoms with Gasteiger partial charge in [0, 0.05) is 18.1 Å². The number of carboxylic acid groups (broad SMARTS) is 1. The maximum absolute atomic E-state index is 12.3. The lowest BCUT2D eigenvalue weighted by Gasteiger charge is -2.44. The number of carbonyl (C=O) groups excluding carboxylic acids is 2. The van der Waals surface area contributed by atoms with E-state index in [1.54, 1.807) is 6.92 Å². The van der Waals surface area contributed by atoms with Crippen molar-refractivity contribution in [1.82, 2.24) is 0 Å². The molecule has 2 N–H and O–H groups in total. The fourth-order valence-corrected chi connectivity index (χ4v) is 3.19. The zero-order chi connectivity index (χ0) is 20.8. The monoisotopic (exact) mass is 380 g/mol. The number of aliphatic hydroxyl groups is 1. The average Bonchev–Trinajstić information content (AvgIpc) is 2.58. The Morgan fingerprint density at radius 1 is 1.33 bits per heavy atom. The minimum atomic E-state index is -1.97. The second-order valence-corrected chi connectivity index (χ2v) is 7.11. The minimum absolute atomic E-state index is 0.0218. The third-order valence-electron chi connectivity index (χ3n) is 4.73. The van der Waals surface area contributed by atoms with E-state index in [0.29, 0.717) is 6.42 Å². The van der Waals surface area contributed by atoms with Gasteiger partial charge in [0.05, 0.1) is 0 Å². The molecule has 0 aliphatic carbocycles. The van der Waals surface area contributed by atoms with Gasteiger partial charge in [-0.3, -0.25) is 0 Å². The van der Waals surface area contributed by atoms with Crippen LogP contribution >= 0.6 is 0 Å². The Kier molecular flexibility index (Phi) is 7.97. The van der Waals surface area contributed by atoms with Crippen molar-refractivity contribution >= 4 is 17.9 Å². The Bertz CT molecular complexity index is 657. The van der Waals surface area contributed by atoms with Gasteiger partial charge in [0.1, 0.15) is 12.2 Å². The number of allylic oxidation sites excluding steroid dienone is 4. The van der Waals surface area contributed by atoms with Gasteiger partial charge in [-0.2, -0.15) is 0 Å². The molecule has 150 valence electrons. The lowest BCUT2D eigenvalue weighted by Crippen LogP contribution is -2.61. The summed E-state index contributed by atoms with van der Waals surface area (Å²) >= 11 is 0. The van der Waals surface area contributed by atoms with Crippen LogP contribution in [0.1, 0.15) is 41.0 Å². The molecule has 7 heteroatoms. The van der Waals surface area contributed by atoms with E-state index in [4.69, 9.17) is 14.6 Å². The number of aliphatic carboxylic acids is 1. The summed E-state index contributed by atoms with van der Waals surface area (Å²) in [5, 5.41) is 19.0. The van der Waals surface area contributed by atoms with Crippen LogP contribution in [0.3, 0.4) is 0 Å². The van der Waals surface area contributed by atoms with Crippen molar-refractivity contribution in [2.45, 2.75) is 58.8 Å².